The smallest absolute Gasteiger partial charge is 0.181 e. The van der Waals surface area contributed by atoms with Crippen molar-refractivity contribution in [1.29, 1.82) is 0 Å². The third-order valence-corrected chi connectivity index (χ3v) is 2.58. The van der Waals surface area contributed by atoms with Gasteiger partial charge in [-0.05, 0) is 24.0 Å². The molecule has 0 saturated carbocycles. The van der Waals surface area contributed by atoms with E-state index in [0.29, 0.717) is 0 Å². The SMILES string of the molecule is Cc1nc(-c2cccc(C(C)(C)C)c2)n[nH]1. The van der Waals surface area contributed by atoms with Crippen LogP contribution >= 0.6 is 0 Å². The maximum absolute atomic E-state index is 4.34. The number of hydrogen-bond donors (Lipinski definition) is 1. The Labute approximate surface area is 95.9 Å². The van der Waals surface area contributed by atoms with Crippen LogP contribution in [0.1, 0.15) is 32.2 Å². The van der Waals surface area contributed by atoms with E-state index in [1.54, 1.807) is 0 Å². The highest BCUT2D eigenvalue weighted by Crippen LogP contribution is 2.25. The molecule has 0 saturated heterocycles. The first-order valence-corrected chi connectivity index (χ1v) is 5.47. The maximum atomic E-state index is 4.34. The zero-order valence-corrected chi connectivity index (χ0v) is 10.2. The number of aromatic nitrogens is 3. The number of benzene rings is 1. The van der Waals surface area contributed by atoms with E-state index in [-0.39, 0.29) is 5.41 Å². The molecule has 1 N–H and O–H groups in total. The van der Waals surface area contributed by atoms with Crippen molar-refractivity contribution < 1.29 is 0 Å². The maximum Gasteiger partial charge on any atom is 0.181 e. The summed E-state index contributed by atoms with van der Waals surface area (Å²) in [5.41, 5.74) is 2.52. The largest absolute Gasteiger partial charge is 0.263 e. The van der Waals surface area contributed by atoms with E-state index < -0.39 is 0 Å². The normalized spacial score (nSPS) is 11.8. The highest BCUT2D eigenvalue weighted by Gasteiger charge is 2.14. The van der Waals surface area contributed by atoms with Crippen LogP contribution in [0, 0.1) is 6.92 Å². The fraction of sp³-hybridized carbons (Fsp3) is 0.385. The Kier molecular flexibility index (Phi) is 2.54. The van der Waals surface area contributed by atoms with E-state index in [1.807, 2.05) is 13.0 Å². The lowest BCUT2D eigenvalue weighted by molar-refractivity contribution is 0.590. The van der Waals surface area contributed by atoms with Gasteiger partial charge in [0, 0.05) is 5.56 Å². The number of nitrogens with one attached hydrogen (secondary N) is 1. The van der Waals surface area contributed by atoms with Crippen LogP contribution in [0.2, 0.25) is 0 Å². The number of H-pyrrole nitrogens is 1. The molecule has 2 aromatic rings. The molecule has 0 radical (unpaired) electrons. The number of hydrogen-bond acceptors (Lipinski definition) is 2. The lowest BCUT2D eigenvalue weighted by atomic mass is 9.86. The van der Waals surface area contributed by atoms with Crippen LogP contribution < -0.4 is 0 Å². The van der Waals surface area contributed by atoms with Crippen LogP contribution in [0.15, 0.2) is 24.3 Å². The molecule has 0 bridgehead atoms. The zero-order valence-electron chi connectivity index (χ0n) is 10.2. The summed E-state index contributed by atoms with van der Waals surface area (Å²) in [5.74, 6) is 1.61. The number of nitrogens with zero attached hydrogens (tertiary/aromatic N) is 2. The second-order valence-corrected chi connectivity index (χ2v) is 5.08. The molecule has 0 amide bonds. The predicted molar refractivity (Wildman–Crippen MR) is 65.3 cm³/mol. The average molecular weight is 215 g/mol. The van der Waals surface area contributed by atoms with Crippen LogP contribution in [0.5, 0.6) is 0 Å². The predicted octanol–water partition coefficient (Wildman–Crippen LogP) is 3.08. The molecule has 0 aliphatic rings. The van der Waals surface area contributed by atoms with Gasteiger partial charge in [-0.2, -0.15) is 5.10 Å². The van der Waals surface area contributed by atoms with Crippen LogP contribution in [0.25, 0.3) is 11.4 Å². The van der Waals surface area contributed by atoms with E-state index in [9.17, 15) is 0 Å². The van der Waals surface area contributed by atoms with Crippen molar-refractivity contribution in [3.8, 4) is 11.4 Å². The number of aryl methyl sites for hydroxylation is 1. The van der Waals surface area contributed by atoms with Crippen molar-refractivity contribution in [2.45, 2.75) is 33.1 Å². The van der Waals surface area contributed by atoms with E-state index in [1.165, 1.54) is 5.56 Å². The van der Waals surface area contributed by atoms with Gasteiger partial charge in [-0.25, -0.2) is 4.98 Å². The molecule has 3 nitrogen and oxygen atoms in total. The lowest BCUT2D eigenvalue weighted by Gasteiger charge is -2.19. The van der Waals surface area contributed by atoms with Gasteiger partial charge in [0.1, 0.15) is 5.82 Å². The monoisotopic (exact) mass is 215 g/mol. The molecular weight excluding hydrogens is 198 g/mol. The Hall–Kier alpha value is -1.64. The third kappa shape index (κ3) is 2.13. The first-order valence-electron chi connectivity index (χ1n) is 5.47. The summed E-state index contributed by atoms with van der Waals surface area (Å²) in [4.78, 5) is 4.34. The van der Waals surface area contributed by atoms with Crippen LogP contribution in [0.4, 0.5) is 0 Å². The summed E-state index contributed by atoms with van der Waals surface area (Å²) < 4.78 is 0. The van der Waals surface area contributed by atoms with Crippen molar-refractivity contribution in [1.82, 2.24) is 15.2 Å². The molecule has 3 heteroatoms. The third-order valence-electron chi connectivity index (χ3n) is 2.58. The summed E-state index contributed by atoms with van der Waals surface area (Å²) >= 11 is 0. The Balaban J connectivity index is 2.44. The zero-order chi connectivity index (χ0) is 11.8. The van der Waals surface area contributed by atoms with Crippen molar-refractivity contribution in [2.24, 2.45) is 0 Å². The first kappa shape index (κ1) is 10.9. The standard InChI is InChI=1S/C13H17N3/c1-9-14-12(16-15-9)10-6-5-7-11(8-10)13(2,3)4/h5-8H,1-4H3,(H,14,15,16). The molecule has 2 rings (SSSR count). The molecule has 1 aromatic heterocycles. The summed E-state index contributed by atoms with van der Waals surface area (Å²) in [6, 6.07) is 8.39. The molecule has 0 aliphatic carbocycles. The van der Waals surface area contributed by atoms with Crippen molar-refractivity contribution in [2.75, 3.05) is 0 Å². The van der Waals surface area contributed by atoms with Crippen molar-refractivity contribution in [3.63, 3.8) is 0 Å². The van der Waals surface area contributed by atoms with Gasteiger partial charge in [0.2, 0.25) is 0 Å². The van der Waals surface area contributed by atoms with Gasteiger partial charge >= 0.3 is 0 Å². The number of aromatic amines is 1. The van der Waals surface area contributed by atoms with E-state index in [0.717, 1.165) is 17.2 Å². The van der Waals surface area contributed by atoms with E-state index in [2.05, 4.69) is 54.2 Å². The molecule has 16 heavy (non-hydrogen) atoms. The van der Waals surface area contributed by atoms with Gasteiger partial charge < -0.3 is 0 Å². The minimum absolute atomic E-state index is 0.154. The number of rotatable bonds is 1. The minimum atomic E-state index is 0.154. The Morgan fingerprint density at radius 2 is 1.94 bits per heavy atom. The first-order chi connectivity index (χ1) is 7.47. The Bertz CT molecular complexity index is 492. The highest BCUT2D eigenvalue weighted by molar-refractivity contribution is 5.56. The quantitative estimate of drug-likeness (QED) is 0.794. The topological polar surface area (TPSA) is 41.6 Å². The Morgan fingerprint density at radius 3 is 2.50 bits per heavy atom. The van der Waals surface area contributed by atoms with Gasteiger partial charge in [0.25, 0.3) is 0 Å². The molecule has 84 valence electrons. The molecule has 0 spiro atoms. The summed E-state index contributed by atoms with van der Waals surface area (Å²) in [6.45, 7) is 8.52. The van der Waals surface area contributed by atoms with Crippen molar-refractivity contribution >= 4 is 0 Å². The Morgan fingerprint density at radius 1 is 1.19 bits per heavy atom. The van der Waals surface area contributed by atoms with Crippen LogP contribution in [0.3, 0.4) is 0 Å². The van der Waals surface area contributed by atoms with Gasteiger partial charge in [-0.15, -0.1) is 0 Å². The summed E-state index contributed by atoms with van der Waals surface area (Å²) in [6.07, 6.45) is 0. The summed E-state index contributed by atoms with van der Waals surface area (Å²) in [7, 11) is 0. The molecule has 0 atom stereocenters. The average Bonchev–Trinajstić information content (AvgIpc) is 2.64. The van der Waals surface area contributed by atoms with Crippen LogP contribution in [-0.4, -0.2) is 15.2 Å². The molecular formula is C13H17N3. The van der Waals surface area contributed by atoms with Gasteiger partial charge in [-0.3, -0.25) is 5.10 Å². The molecule has 1 heterocycles. The molecule has 1 aromatic carbocycles. The van der Waals surface area contributed by atoms with Crippen molar-refractivity contribution in [3.05, 3.63) is 35.7 Å². The van der Waals surface area contributed by atoms with Crippen LogP contribution in [-0.2, 0) is 5.41 Å². The fourth-order valence-electron chi connectivity index (χ4n) is 1.60. The fourth-order valence-corrected chi connectivity index (χ4v) is 1.60. The molecule has 0 aliphatic heterocycles. The van der Waals surface area contributed by atoms with Gasteiger partial charge in [0.05, 0.1) is 0 Å². The second kappa shape index (κ2) is 3.74. The molecule has 0 unspecified atom stereocenters. The highest BCUT2D eigenvalue weighted by atomic mass is 15.2. The molecule has 0 fully saturated rings. The van der Waals surface area contributed by atoms with Gasteiger partial charge in [0.15, 0.2) is 5.82 Å². The van der Waals surface area contributed by atoms with Gasteiger partial charge in [-0.1, -0.05) is 39.0 Å². The van der Waals surface area contributed by atoms with E-state index in [4.69, 9.17) is 0 Å². The minimum Gasteiger partial charge on any atom is -0.263 e. The lowest BCUT2D eigenvalue weighted by Crippen LogP contribution is -2.10. The summed E-state index contributed by atoms with van der Waals surface area (Å²) in [5, 5.41) is 7.04. The second-order valence-electron chi connectivity index (χ2n) is 5.08. The van der Waals surface area contributed by atoms with E-state index >= 15 is 0 Å².